The molecule has 0 fully saturated rings. The molecule has 0 radical (unpaired) electrons. The Morgan fingerprint density at radius 2 is 2.08 bits per heavy atom. The quantitative estimate of drug-likeness (QED) is 0.690. The van der Waals surface area contributed by atoms with Gasteiger partial charge in [-0.2, -0.15) is 5.26 Å². The highest BCUT2D eigenvalue weighted by molar-refractivity contribution is 8.00. The van der Waals surface area contributed by atoms with E-state index in [-0.39, 0.29) is 11.2 Å². The fraction of sp³-hybridized carbons (Fsp3) is 0.412. The zero-order chi connectivity index (χ0) is 18.4. The molecule has 1 aromatic carbocycles. The number of halogens is 1. The number of rotatable bonds is 7. The molecule has 6 nitrogen and oxygen atoms in total. The third-order valence-electron chi connectivity index (χ3n) is 3.70. The minimum atomic E-state index is -0.309. The van der Waals surface area contributed by atoms with Crippen LogP contribution in [0, 0.1) is 11.3 Å². The summed E-state index contributed by atoms with van der Waals surface area (Å²) in [4.78, 5) is 14.0. The lowest BCUT2D eigenvalue weighted by Crippen LogP contribution is -2.34. The van der Waals surface area contributed by atoms with Crippen molar-refractivity contribution in [2.24, 2.45) is 0 Å². The van der Waals surface area contributed by atoms with E-state index in [1.165, 1.54) is 11.8 Å². The third kappa shape index (κ3) is 4.74. The minimum absolute atomic E-state index is 0.0288. The first-order valence-corrected chi connectivity index (χ1v) is 9.21. The summed E-state index contributed by atoms with van der Waals surface area (Å²) < 4.78 is 1.98. The van der Waals surface area contributed by atoms with Crippen molar-refractivity contribution in [1.29, 1.82) is 5.26 Å². The highest BCUT2D eigenvalue weighted by atomic mass is 35.5. The van der Waals surface area contributed by atoms with Crippen LogP contribution in [0.15, 0.2) is 29.4 Å². The van der Waals surface area contributed by atoms with Crippen LogP contribution in [0.3, 0.4) is 0 Å². The first-order chi connectivity index (χ1) is 12.0. The molecule has 0 saturated heterocycles. The number of hydrogen-bond donors (Lipinski definition) is 0. The lowest BCUT2D eigenvalue weighted by atomic mass is 10.2. The number of carbonyl (C=O) groups is 1. The first kappa shape index (κ1) is 19.3. The van der Waals surface area contributed by atoms with E-state index >= 15 is 0 Å². The second-order valence-corrected chi connectivity index (χ2v) is 7.23. The van der Waals surface area contributed by atoms with E-state index in [2.05, 4.69) is 10.2 Å². The van der Waals surface area contributed by atoms with Gasteiger partial charge in [-0.3, -0.25) is 4.79 Å². The number of benzene rings is 1. The fourth-order valence-electron chi connectivity index (χ4n) is 2.32. The molecule has 0 aliphatic heterocycles. The van der Waals surface area contributed by atoms with E-state index in [9.17, 15) is 4.79 Å². The molecule has 0 aliphatic rings. The van der Waals surface area contributed by atoms with Gasteiger partial charge in [0.15, 0.2) is 11.0 Å². The standard InChI is InChI=1S/C17H20ClN5OS/c1-4-23-15(13-6-8-14(18)9-7-13)20-21-17(23)25-12(2)16(24)22(3)11-5-10-19/h6-9,12H,4-5,11H2,1-3H3/t12-/m1/s1. The van der Waals surface area contributed by atoms with Gasteiger partial charge in [0.1, 0.15) is 0 Å². The van der Waals surface area contributed by atoms with E-state index in [4.69, 9.17) is 16.9 Å². The molecular formula is C17H20ClN5OS. The molecule has 0 unspecified atom stereocenters. The van der Waals surface area contributed by atoms with Crippen LogP contribution in [0.5, 0.6) is 0 Å². The van der Waals surface area contributed by atoms with Crippen molar-refractivity contribution >= 4 is 29.3 Å². The van der Waals surface area contributed by atoms with Gasteiger partial charge in [-0.05, 0) is 38.1 Å². The van der Waals surface area contributed by atoms with Crippen molar-refractivity contribution in [2.75, 3.05) is 13.6 Å². The van der Waals surface area contributed by atoms with E-state index in [0.717, 1.165) is 11.4 Å². The summed E-state index contributed by atoms with van der Waals surface area (Å²) in [6.07, 6.45) is 0.325. The molecule has 0 spiro atoms. The zero-order valence-corrected chi connectivity index (χ0v) is 16.0. The van der Waals surface area contributed by atoms with Crippen molar-refractivity contribution in [3.8, 4) is 17.5 Å². The molecule has 25 heavy (non-hydrogen) atoms. The number of nitrogens with zero attached hydrogens (tertiary/aromatic N) is 5. The van der Waals surface area contributed by atoms with Gasteiger partial charge < -0.3 is 9.47 Å². The van der Waals surface area contributed by atoms with Crippen LogP contribution in [0.2, 0.25) is 5.02 Å². The second kappa shape index (κ2) is 8.88. The second-order valence-electron chi connectivity index (χ2n) is 5.49. The van der Waals surface area contributed by atoms with Gasteiger partial charge in [0, 0.05) is 30.7 Å². The van der Waals surface area contributed by atoms with Crippen molar-refractivity contribution in [3.63, 3.8) is 0 Å². The van der Waals surface area contributed by atoms with Crippen molar-refractivity contribution in [2.45, 2.75) is 37.2 Å². The molecule has 0 N–H and O–H groups in total. The molecule has 0 aliphatic carbocycles. The van der Waals surface area contributed by atoms with Crippen molar-refractivity contribution in [3.05, 3.63) is 29.3 Å². The number of carbonyl (C=O) groups excluding carboxylic acids is 1. The summed E-state index contributed by atoms with van der Waals surface area (Å²) >= 11 is 7.31. The maximum atomic E-state index is 12.4. The highest BCUT2D eigenvalue weighted by Crippen LogP contribution is 2.28. The predicted octanol–water partition coefficient (Wildman–Crippen LogP) is 3.47. The third-order valence-corrected chi connectivity index (χ3v) is 5.02. The minimum Gasteiger partial charge on any atom is -0.344 e. The number of thioether (sulfide) groups is 1. The Balaban J connectivity index is 2.16. The topological polar surface area (TPSA) is 74.8 Å². The molecule has 0 saturated carbocycles. The monoisotopic (exact) mass is 377 g/mol. The number of nitriles is 1. The Kier molecular flexibility index (Phi) is 6.85. The average molecular weight is 378 g/mol. The van der Waals surface area contributed by atoms with Crippen LogP contribution in [-0.2, 0) is 11.3 Å². The Hall–Kier alpha value is -2.04. The van der Waals surface area contributed by atoms with E-state index in [1.54, 1.807) is 11.9 Å². The lowest BCUT2D eigenvalue weighted by molar-refractivity contribution is -0.128. The average Bonchev–Trinajstić information content (AvgIpc) is 3.01. The number of aromatic nitrogens is 3. The summed E-state index contributed by atoms with van der Waals surface area (Å²) in [5.74, 6) is 0.720. The van der Waals surface area contributed by atoms with Gasteiger partial charge in [-0.1, -0.05) is 23.4 Å². The van der Waals surface area contributed by atoms with E-state index in [1.807, 2.05) is 48.7 Å². The molecule has 2 rings (SSSR count). The van der Waals surface area contributed by atoms with Gasteiger partial charge in [0.2, 0.25) is 5.91 Å². The fourth-order valence-corrected chi connectivity index (χ4v) is 3.47. The maximum Gasteiger partial charge on any atom is 0.235 e. The molecule has 1 atom stereocenters. The largest absolute Gasteiger partial charge is 0.344 e. The lowest BCUT2D eigenvalue weighted by Gasteiger charge is -2.19. The Morgan fingerprint density at radius 3 is 2.68 bits per heavy atom. The van der Waals surface area contributed by atoms with Gasteiger partial charge >= 0.3 is 0 Å². The normalized spacial score (nSPS) is 11.8. The molecule has 132 valence electrons. The summed E-state index contributed by atoms with van der Waals surface area (Å²) in [6.45, 7) is 4.97. The SMILES string of the molecule is CCn1c(S[C@H](C)C(=O)N(C)CCC#N)nnc1-c1ccc(Cl)cc1. The Labute approximate surface area is 156 Å². The highest BCUT2D eigenvalue weighted by Gasteiger charge is 2.22. The van der Waals surface area contributed by atoms with Crippen LogP contribution >= 0.6 is 23.4 Å². The van der Waals surface area contributed by atoms with Crippen LogP contribution in [-0.4, -0.2) is 44.4 Å². The molecule has 0 bridgehead atoms. The number of amides is 1. The molecule has 1 aromatic heterocycles. The summed E-state index contributed by atoms with van der Waals surface area (Å²) in [7, 11) is 1.71. The maximum absolute atomic E-state index is 12.4. The number of hydrogen-bond acceptors (Lipinski definition) is 5. The Bertz CT molecular complexity index is 768. The van der Waals surface area contributed by atoms with Crippen LogP contribution in [0.1, 0.15) is 20.3 Å². The first-order valence-electron chi connectivity index (χ1n) is 7.95. The molecule has 8 heteroatoms. The van der Waals surface area contributed by atoms with Gasteiger partial charge in [-0.25, -0.2) is 0 Å². The zero-order valence-electron chi connectivity index (χ0n) is 14.4. The summed E-state index contributed by atoms with van der Waals surface area (Å²) in [6, 6.07) is 9.48. The molecule has 1 heterocycles. The van der Waals surface area contributed by atoms with Crippen LogP contribution in [0.4, 0.5) is 0 Å². The van der Waals surface area contributed by atoms with Crippen molar-refractivity contribution < 1.29 is 4.79 Å². The van der Waals surface area contributed by atoms with Crippen LogP contribution < -0.4 is 0 Å². The van der Waals surface area contributed by atoms with Gasteiger partial charge in [-0.15, -0.1) is 10.2 Å². The van der Waals surface area contributed by atoms with Crippen molar-refractivity contribution in [1.82, 2.24) is 19.7 Å². The molecule has 2 aromatic rings. The summed E-state index contributed by atoms with van der Waals surface area (Å²) in [5, 5.41) is 18.2. The smallest absolute Gasteiger partial charge is 0.235 e. The van der Waals surface area contributed by atoms with E-state index < -0.39 is 0 Å². The molecule has 1 amide bonds. The van der Waals surface area contributed by atoms with Gasteiger partial charge in [0.25, 0.3) is 0 Å². The predicted molar refractivity (Wildman–Crippen MR) is 99.3 cm³/mol. The molecular weight excluding hydrogens is 358 g/mol. The Morgan fingerprint density at radius 1 is 1.40 bits per heavy atom. The van der Waals surface area contributed by atoms with Gasteiger partial charge in [0.05, 0.1) is 17.7 Å². The van der Waals surface area contributed by atoms with Crippen LogP contribution in [0.25, 0.3) is 11.4 Å². The summed E-state index contributed by atoms with van der Waals surface area (Å²) in [5.41, 5.74) is 0.927. The van der Waals surface area contributed by atoms with E-state index in [0.29, 0.717) is 29.7 Å².